The number of fused-ring (bicyclic) bond motifs is 2. The van der Waals surface area contributed by atoms with Crippen molar-refractivity contribution in [3.8, 4) is 5.75 Å². The maximum atomic E-state index is 12.5. The Hall–Kier alpha value is -1.69. The van der Waals surface area contributed by atoms with E-state index in [0.717, 1.165) is 13.0 Å². The second-order valence-corrected chi connectivity index (χ2v) is 5.29. The Morgan fingerprint density at radius 1 is 1.35 bits per heavy atom. The Morgan fingerprint density at radius 2 is 2.15 bits per heavy atom. The molecule has 1 aromatic rings. The van der Waals surface area contributed by atoms with Crippen molar-refractivity contribution in [2.45, 2.75) is 19.1 Å². The molecule has 3 rings (SSSR count). The van der Waals surface area contributed by atoms with Gasteiger partial charge in [0.15, 0.2) is 0 Å². The summed E-state index contributed by atoms with van der Waals surface area (Å²) >= 11 is 0. The molecule has 0 spiro atoms. The molecule has 1 N–H and O–H groups in total. The molecule has 0 saturated carbocycles. The van der Waals surface area contributed by atoms with Crippen LogP contribution in [0.3, 0.4) is 0 Å². The predicted octanol–water partition coefficient (Wildman–Crippen LogP) is 1.72. The summed E-state index contributed by atoms with van der Waals surface area (Å²) in [7, 11) is 0. The molecule has 2 saturated heterocycles. The van der Waals surface area contributed by atoms with E-state index >= 15 is 0 Å². The third-order valence-corrected chi connectivity index (χ3v) is 3.85. The minimum Gasteiger partial charge on any atom is -0.434 e. The molecular weight excluding hydrogens is 266 g/mol. The van der Waals surface area contributed by atoms with E-state index in [9.17, 15) is 13.6 Å². The number of rotatable bonds is 3. The van der Waals surface area contributed by atoms with Crippen molar-refractivity contribution >= 4 is 5.91 Å². The summed E-state index contributed by atoms with van der Waals surface area (Å²) in [4.78, 5) is 14.2. The quantitative estimate of drug-likeness (QED) is 0.918. The maximum Gasteiger partial charge on any atom is 0.387 e. The molecule has 1 aromatic carbocycles. The number of nitrogens with one attached hydrogen (secondary N) is 1. The van der Waals surface area contributed by atoms with Gasteiger partial charge in [-0.05, 0) is 24.5 Å². The van der Waals surface area contributed by atoms with Crippen LogP contribution in [0, 0.1) is 5.92 Å². The molecule has 1 amide bonds. The lowest BCUT2D eigenvalue weighted by Crippen LogP contribution is -2.44. The van der Waals surface area contributed by atoms with E-state index in [1.54, 1.807) is 17.0 Å². The van der Waals surface area contributed by atoms with Gasteiger partial charge >= 0.3 is 6.61 Å². The smallest absolute Gasteiger partial charge is 0.387 e. The van der Waals surface area contributed by atoms with Crippen LogP contribution in [0.25, 0.3) is 0 Å². The van der Waals surface area contributed by atoms with Crippen molar-refractivity contribution in [3.05, 3.63) is 29.8 Å². The average molecular weight is 282 g/mol. The maximum absolute atomic E-state index is 12.5. The Balaban J connectivity index is 1.80. The van der Waals surface area contributed by atoms with Gasteiger partial charge in [-0.15, -0.1) is 0 Å². The molecule has 0 radical (unpaired) electrons. The van der Waals surface area contributed by atoms with Gasteiger partial charge < -0.3 is 15.0 Å². The zero-order valence-electron chi connectivity index (χ0n) is 10.9. The summed E-state index contributed by atoms with van der Waals surface area (Å²) in [6.07, 6.45) is 1.08. The van der Waals surface area contributed by atoms with Crippen LogP contribution in [0.4, 0.5) is 8.78 Å². The minimum absolute atomic E-state index is 0.0571. The number of nitrogens with zero attached hydrogens (tertiary/aromatic N) is 1. The first-order chi connectivity index (χ1) is 9.63. The standard InChI is InChI=1S/C14H16F2N2O2/c15-14(16)20-12-4-2-1-3-11(12)13(19)18-7-9-5-10(8-18)17-6-9/h1-4,9-10,14,17H,5-8H2. The van der Waals surface area contributed by atoms with Crippen molar-refractivity contribution in [2.75, 3.05) is 19.6 Å². The van der Waals surface area contributed by atoms with Gasteiger partial charge in [-0.1, -0.05) is 12.1 Å². The molecule has 0 aromatic heterocycles. The van der Waals surface area contributed by atoms with E-state index in [4.69, 9.17) is 0 Å². The summed E-state index contributed by atoms with van der Waals surface area (Å²) in [5.41, 5.74) is 0.203. The van der Waals surface area contributed by atoms with Gasteiger partial charge in [0.1, 0.15) is 5.75 Å². The second kappa shape index (κ2) is 5.36. The first-order valence-corrected chi connectivity index (χ1v) is 6.70. The number of hydrogen-bond acceptors (Lipinski definition) is 3. The highest BCUT2D eigenvalue weighted by molar-refractivity contribution is 5.97. The topological polar surface area (TPSA) is 41.6 Å². The van der Waals surface area contributed by atoms with Crippen LogP contribution < -0.4 is 10.1 Å². The number of likely N-dealkylation sites (tertiary alicyclic amines) is 1. The van der Waals surface area contributed by atoms with E-state index in [2.05, 4.69) is 10.1 Å². The number of ether oxygens (including phenoxy) is 1. The van der Waals surface area contributed by atoms with Gasteiger partial charge in [-0.2, -0.15) is 8.78 Å². The minimum atomic E-state index is -2.93. The van der Waals surface area contributed by atoms with Crippen LogP contribution in [-0.2, 0) is 0 Å². The van der Waals surface area contributed by atoms with Gasteiger partial charge in [0.2, 0.25) is 0 Å². The van der Waals surface area contributed by atoms with E-state index in [1.165, 1.54) is 12.1 Å². The third-order valence-electron chi connectivity index (χ3n) is 3.85. The lowest BCUT2D eigenvalue weighted by Gasteiger charge is -2.31. The molecule has 2 bridgehead atoms. The number of halogens is 2. The second-order valence-electron chi connectivity index (χ2n) is 5.29. The Morgan fingerprint density at radius 3 is 2.90 bits per heavy atom. The van der Waals surface area contributed by atoms with Crippen LogP contribution in [0.1, 0.15) is 16.8 Å². The highest BCUT2D eigenvalue weighted by atomic mass is 19.3. The van der Waals surface area contributed by atoms with Crippen LogP contribution >= 0.6 is 0 Å². The van der Waals surface area contributed by atoms with Gasteiger partial charge in [0.05, 0.1) is 5.56 Å². The Labute approximate surface area is 115 Å². The summed E-state index contributed by atoms with van der Waals surface area (Å²) in [6.45, 7) is -0.712. The molecule has 2 unspecified atom stereocenters. The first-order valence-electron chi connectivity index (χ1n) is 6.70. The molecule has 108 valence electrons. The van der Waals surface area contributed by atoms with E-state index in [-0.39, 0.29) is 17.2 Å². The number of benzene rings is 1. The fourth-order valence-corrected chi connectivity index (χ4v) is 3.01. The van der Waals surface area contributed by atoms with E-state index < -0.39 is 6.61 Å². The average Bonchev–Trinajstić information content (AvgIpc) is 2.76. The molecule has 4 nitrogen and oxygen atoms in total. The number of carbonyl (C=O) groups is 1. The van der Waals surface area contributed by atoms with Gasteiger partial charge in [0.25, 0.3) is 5.91 Å². The fraction of sp³-hybridized carbons (Fsp3) is 0.500. The highest BCUT2D eigenvalue weighted by Crippen LogP contribution is 2.27. The normalized spacial score (nSPS) is 25.1. The fourth-order valence-electron chi connectivity index (χ4n) is 3.01. The van der Waals surface area contributed by atoms with Crippen LogP contribution in [0.5, 0.6) is 5.75 Å². The summed E-state index contributed by atoms with van der Waals surface area (Å²) in [5.74, 6) is 0.166. The van der Waals surface area contributed by atoms with Gasteiger partial charge in [-0.25, -0.2) is 0 Å². The lowest BCUT2D eigenvalue weighted by atomic mass is 9.99. The van der Waals surface area contributed by atoms with E-state index in [0.29, 0.717) is 25.0 Å². The number of amides is 1. The first kappa shape index (κ1) is 13.3. The number of piperidine rings is 1. The summed E-state index contributed by atoms with van der Waals surface area (Å²) in [6, 6.07) is 6.49. The van der Waals surface area contributed by atoms with Crippen molar-refractivity contribution in [1.82, 2.24) is 10.2 Å². The molecule has 6 heteroatoms. The highest BCUT2D eigenvalue weighted by Gasteiger charge is 2.35. The van der Waals surface area contributed by atoms with Crippen molar-refractivity contribution < 1.29 is 18.3 Å². The number of carbonyl (C=O) groups excluding carboxylic acids is 1. The number of para-hydroxylation sites is 1. The van der Waals surface area contributed by atoms with Crippen LogP contribution in [0.2, 0.25) is 0 Å². The molecule has 2 aliphatic rings. The van der Waals surface area contributed by atoms with Crippen molar-refractivity contribution in [3.63, 3.8) is 0 Å². The molecular formula is C14H16F2N2O2. The monoisotopic (exact) mass is 282 g/mol. The zero-order valence-corrected chi connectivity index (χ0v) is 10.9. The molecule has 2 fully saturated rings. The molecule has 0 aliphatic carbocycles. The van der Waals surface area contributed by atoms with Crippen molar-refractivity contribution in [1.29, 1.82) is 0 Å². The third kappa shape index (κ3) is 2.60. The number of hydrogen-bond donors (Lipinski definition) is 1. The summed E-state index contributed by atoms with van der Waals surface area (Å²) in [5, 5.41) is 3.36. The molecule has 2 heterocycles. The van der Waals surface area contributed by atoms with E-state index in [1.807, 2.05) is 0 Å². The number of alkyl halides is 2. The lowest BCUT2D eigenvalue weighted by molar-refractivity contribution is -0.0503. The van der Waals surface area contributed by atoms with Crippen molar-refractivity contribution in [2.24, 2.45) is 5.92 Å². The zero-order chi connectivity index (χ0) is 14.1. The van der Waals surface area contributed by atoms with Gasteiger partial charge in [-0.3, -0.25) is 4.79 Å². The molecule has 20 heavy (non-hydrogen) atoms. The largest absolute Gasteiger partial charge is 0.434 e. The SMILES string of the molecule is O=C(c1ccccc1OC(F)F)N1CC2CNC(C2)C1. The Bertz CT molecular complexity index is 498. The predicted molar refractivity (Wildman–Crippen MR) is 68.9 cm³/mol. The molecule has 2 atom stereocenters. The summed E-state index contributed by atoms with van der Waals surface area (Å²) < 4.78 is 29.2. The van der Waals surface area contributed by atoms with Gasteiger partial charge in [0, 0.05) is 25.7 Å². The van der Waals surface area contributed by atoms with Crippen LogP contribution in [0.15, 0.2) is 24.3 Å². The Kier molecular flexibility index (Phi) is 3.56. The van der Waals surface area contributed by atoms with Crippen LogP contribution in [-0.4, -0.2) is 43.1 Å². The molecule has 2 aliphatic heterocycles.